The zero-order valence-electron chi connectivity index (χ0n) is 14.2. The number of para-hydroxylation sites is 1. The Hall–Kier alpha value is -3.02. The average Bonchev–Trinajstić information content (AvgIpc) is 3.05. The van der Waals surface area contributed by atoms with E-state index in [1.165, 1.54) is 4.90 Å². The Balaban J connectivity index is 1.75. The van der Waals surface area contributed by atoms with E-state index >= 15 is 0 Å². The van der Waals surface area contributed by atoms with Gasteiger partial charge in [-0.15, -0.1) is 0 Å². The van der Waals surface area contributed by atoms with Crippen LogP contribution in [0.15, 0.2) is 48.5 Å². The molecule has 6 nitrogen and oxygen atoms in total. The van der Waals surface area contributed by atoms with Gasteiger partial charge in [0.1, 0.15) is 17.5 Å². The van der Waals surface area contributed by atoms with E-state index in [4.69, 9.17) is 9.47 Å². The van der Waals surface area contributed by atoms with Crippen molar-refractivity contribution < 1.29 is 19.1 Å². The molecule has 0 saturated heterocycles. The molecular formula is C19H20N2O4. The van der Waals surface area contributed by atoms with Gasteiger partial charge in [0.15, 0.2) is 6.61 Å². The van der Waals surface area contributed by atoms with Gasteiger partial charge in [-0.1, -0.05) is 18.2 Å². The van der Waals surface area contributed by atoms with Gasteiger partial charge < -0.3 is 14.8 Å². The SMILES string of the molecule is CNC(=O)C1Cc2ccccc2N1C(=O)COc1ccc(OC)cc1. The molecule has 1 unspecified atom stereocenters. The van der Waals surface area contributed by atoms with Gasteiger partial charge in [-0.2, -0.15) is 0 Å². The molecule has 3 rings (SSSR count). The monoisotopic (exact) mass is 340 g/mol. The molecule has 0 bridgehead atoms. The first kappa shape index (κ1) is 16.8. The quantitative estimate of drug-likeness (QED) is 0.901. The van der Waals surface area contributed by atoms with Crippen LogP contribution in [0.5, 0.6) is 11.5 Å². The van der Waals surface area contributed by atoms with E-state index in [2.05, 4.69) is 5.32 Å². The Kier molecular flexibility index (Phi) is 4.88. The van der Waals surface area contributed by atoms with Crippen LogP contribution in [0.2, 0.25) is 0 Å². The summed E-state index contributed by atoms with van der Waals surface area (Å²) in [6, 6.07) is 14.0. The zero-order valence-corrected chi connectivity index (χ0v) is 14.2. The fraction of sp³-hybridized carbons (Fsp3) is 0.263. The molecule has 2 amide bonds. The number of anilines is 1. The highest BCUT2D eigenvalue weighted by molar-refractivity contribution is 6.04. The van der Waals surface area contributed by atoms with E-state index in [1.54, 1.807) is 38.4 Å². The number of hydrogen-bond donors (Lipinski definition) is 1. The minimum absolute atomic E-state index is 0.145. The van der Waals surface area contributed by atoms with Crippen LogP contribution in [-0.4, -0.2) is 38.6 Å². The maximum absolute atomic E-state index is 12.7. The molecule has 130 valence electrons. The van der Waals surface area contributed by atoms with Gasteiger partial charge >= 0.3 is 0 Å². The first-order valence-electron chi connectivity index (χ1n) is 8.02. The average molecular weight is 340 g/mol. The molecular weight excluding hydrogens is 320 g/mol. The van der Waals surface area contributed by atoms with Crippen LogP contribution in [0.4, 0.5) is 5.69 Å². The van der Waals surface area contributed by atoms with Crippen LogP contribution in [-0.2, 0) is 16.0 Å². The maximum atomic E-state index is 12.7. The lowest BCUT2D eigenvalue weighted by Gasteiger charge is -2.24. The van der Waals surface area contributed by atoms with Gasteiger partial charge in [-0.3, -0.25) is 14.5 Å². The largest absolute Gasteiger partial charge is 0.497 e. The molecule has 2 aromatic rings. The van der Waals surface area contributed by atoms with Crippen LogP contribution in [0.1, 0.15) is 5.56 Å². The number of methoxy groups -OCH3 is 1. The van der Waals surface area contributed by atoms with Crippen LogP contribution in [0.3, 0.4) is 0 Å². The molecule has 0 saturated carbocycles. The van der Waals surface area contributed by atoms with Crippen LogP contribution < -0.4 is 19.7 Å². The summed E-state index contributed by atoms with van der Waals surface area (Å²) in [6.07, 6.45) is 0.504. The van der Waals surface area contributed by atoms with E-state index in [9.17, 15) is 9.59 Å². The molecule has 1 heterocycles. The van der Waals surface area contributed by atoms with Crippen molar-refractivity contribution >= 4 is 17.5 Å². The first-order valence-corrected chi connectivity index (χ1v) is 8.02. The summed E-state index contributed by atoms with van der Waals surface area (Å²) >= 11 is 0. The molecule has 0 aromatic heterocycles. The third-order valence-corrected chi connectivity index (χ3v) is 4.22. The number of nitrogens with zero attached hydrogens (tertiary/aromatic N) is 1. The Morgan fingerprint density at radius 3 is 2.48 bits per heavy atom. The third-order valence-electron chi connectivity index (χ3n) is 4.22. The number of carbonyl (C=O) groups is 2. The number of benzene rings is 2. The van der Waals surface area contributed by atoms with Crippen molar-refractivity contribution in [1.82, 2.24) is 5.32 Å². The van der Waals surface area contributed by atoms with Gasteiger partial charge in [-0.25, -0.2) is 0 Å². The number of amides is 2. The van der Waals surface area contributed by atoms with Crippen LogP contribution in [0, 0.1) is 0 Å². The summed E-state index contributed by atoms with van der Waals surface area (Å²) in [5.74, 6) is 0.841. The van der Waals surface area contributed by atoms with Gasteiger partial charge in [0.05, 0.1) is 7.11 Å². The molecule has 1 atom stereocenters. The van der Waals surface area contributed by atoms with E-state index < -0.39 is 6.04 Å². The number of nitrogens with one attached hydrogen (secondary N) is 1. The van der Waals surface area contributed by atoms with Gasteiger partial charge in [-0.05, 0) is 35.9 Å². The number of ether oxygens (including phenoxy) is 2. The molecule has 0 radical (unpaired) electrons. The molecule has 6 heteroatoms. The molecule has 1 aliphatic rings. The zero-order chi connectivity index (χ0) is 17.8. The second kappa shape index (κ2) is 7.25. The number of rotatable bonds is 5. The van der Waals surface area contributed by atoms with Crippen molar-refractivity contribution in [1.29, 1.82) is 0 Å². The highest BCUT2D eigenvalue weighted by atomic mass is 16.5. The van der Waals surface area contributed by atoms with Gasteiger partial charge in [0, 0.05) is 19.2 Å². The fourth-order valence-electron chi connectivity index (χ4n) is 2.96. The Morgan fingerprint density at radius 2 is 1.80 bits per heavy atom. The first-order chi connectivity index (χ1) is 12.1. The number of likely N-dealkylation sites (N-methyl/N-ethyl adjacent to an activating group) is 1. The fourth-order valence-corrected chi connectivity index (χ4v) is 2.96. The second-order valence-corrected chi connectivity index (χ2v) is 5.69. The van der Waals surface area contributed by atoms with Crippen molar-refractivity contribution in [2.45, 2.75) is 12.5 Å². The molecule has 2 aromatic carbocycles. The number of carbonyl (C=O) groups excluding carboxylic acids is 2. The molecule has 25 heavy (non-hydrogen) atoms. The predicted molar refractivity (Wildman–Crippen MR) is 94.0 cm³/mol. The minimum atomic E-state index is -0.547. The van der Waals surface area contributed by atoms with Gasteiger partial charge in [0.25, 0.3) is 5.91 Å². The van der Waals surface area contributed by atoms with E-state index in [0.717, 1.165) is 11.3 Å². The molecule has 1 aliphatic heterocycles. The van der Waals surface area contributed by atoms with Crippen molar-refractivity contribution in [2.24, 2.45) is 0 Å². The lowest BCUT2D eigenvalue weighted by molar-refractivity contribution is -0.126. The summed E-state index contributed by atoms with van der Waals surface area (Å²) in [5, 5.41) is 2.63. The maximum Gasteiger partial charge on any atom is 0.265 e. The Labute approximate surface area is 146 Å². The molecule has 0 aliphatic carbocycles. The molecule has 0 fully saturated rings. The summed E-state index contributed by atoms with van der Waals surface area (Å²) in [6.45, 7) is -0.145. The lowest BCUT2D eigenvalue weighted by Crippen LogP contribution is -2.48. The minimum Gasteiger partial charge on any atom is -0.497 e. The third kappa shape index (κ3) is 3.42. The van der Waals surface area contributed by atoms with Crippen molar-refractivity contribution in [3.8, 4) is 11.5 Å². The summed E-state index contributed by atoms with van der Waals surface area (Å²) in [7, 11) is 3.16. The second-order valence-electron chi connectivity index (χ2n) is 5.69. The standard InChI is InChI=1S/C19H20N2O4/c1-20-19(23)17-11-13-5-3-4-6-16(13)21(17)18(22)12-25-15-9-7-14(24-2)8-10-15/h3-10,17H,11-12H2,1-2H3,(H,20,23). The Morgan fingerprint density at radius 1 is 1.12 bits per heavy atom. The predicted octanol–water partition coefficient (Wildman–Crippen LogP) is 1.78. The molecule has 0 spiro atoms. The normalized spacial score (nSPS) is 15.4. The summed E-state index contributed by atoms with van der Waals surface area (Å²) in [4.78, 5) is 26.4. The van der Waals surface area contributed by atoms with Crippen molar-refractivity contribution in [3.05, 3.63) is 54.1 Å². The number of fused-ring (bicyclic) bond motifs is 1. The summed E-state index contributed by atoms with van der Waals surface area (Å²) < 4.78 is 10.7. The number of hydrogen-bond acceptors (Lipinski definition) is 4. The van der Waals surface area contributed by atoms with Crippen molar-refractivity contribution in [3.63, 3.8) is 0 Å². The van der Waals surface area contributed by atoms with Crippen LogP contribution in [0.25, 0.3) is 0 Å². The van der Waals surface area contributed by atoms with Gasteiger partial charge in [0.2, 0.25) is 5.91 Å². The highest BCUT2D eigenvalue weighted by Gasteiger charge is 2.37. The smallest absolute Gasteiger partial charge is 0.265 e. The van der Waals surface area contributed by atoms with E-state index in [-0.39, 0.29) is 18.4 Å². The topological polar surface area (TPSA) is 67.9 Å². The van der Waals surface area contributed by atoms with E-state index in [1.807, 2.05) is 24.3 Å². The lowest BCUT2D eigenvalue weighted by atomic mass is 10.1. The Bertz CT molecular complexity index is 773. The van der Waals surface area contributed by atoms with E-state index in [0.29, 0.717) is 17.9 Å². The molecule has 1 N–H and O–H groups in total. The van der Waals surface area contributed by atoms with Crippen LogP contribution >= 0.6 is 0 Å². The summed E-state index contributed by atoms with van der Waals surface area (Å²) in [5.41, 5.74) is 1.74. The highest BCUT2D eigenvalue weighted by Crippen LogP contribution is 2.32. The van der Waals surface area contributed by atoms with Crippen molar-refractivity contribution in [2.75, 3.05) is 25.7 Å².